The largest absolute Gasteiger partial charge is 0.349 e. The molecule has 1 heterocycles. The van der Waals surface area contributed by atoms with Crippen molar-refractivity contribution in [3.8, 4) is 0 Å². The Morgan fingerprint density at radius 1 is 1.53 bits per heavy atom. The predicted octanol–water partition coefficient (Wildman–Crippen LogP) is 0.426. The lowest BCUT2D eigenvalue weighted by molar-refractivity contribution is -0.118. The van der Waals surface area contributed by atoms with Gasteiger partial charge in [-0.25, -0.2) is 4.98 Å². The zero-order valence-corrected chi connectivity index (χ0v) is 10.6. The number of anilines is 1. The van der Waals surface area contributed by atoms with E-state index in [0.29, 0.717) is 23.9 Å². The van der Waals surface area contributed by atoms with E-state index in [4.69, 9.17) is 5.73 Å². The zero-order chi connectivity index (χ0) is 12.8. The first-order valence-corrected chi connectivity index (χ1v) is 6.17. The molecule has 17 heavy (non-hydrogen) atoms. The van der Waals surface area contributed by atoms with Crippen LogP contribution in [-0.2, 0) is 4.79 Å². The van der Waals surface area contributed by atoms with Crippen LogP contribution in [0.2, 0.25) is 0 Å². The van der Waals surface area contributed by atoms with E-state index in [1.54, 1.807) is 19.2 Å². The molecule has 0 saturated heterocycles. The number of rotatable bonds is 5. The van der Waals surface area contributed by atoms with Gasteiger partial charge in [-0.1, -0.05) is 13.8 Å². The lowest BCUT2D eigenvalue weighted by atomic mass is 10.2. The molecule has 7 heteroatoms. The minimum Gasteiger partial charge on any atom is -0.349 e. The minimum atomic E-state index is -0.281. The molecular formula is C10H16N4O2S. The molecule has 0 radical (unpaired) electrons. The Kier molecular flexibility index (Phi) is 5.05. The first kappa shape index (κ1) is 13.6. The van der Waals surface area contributed by atoms with E-state index in [1.165, 1.54) is 11.3 Å². The number of nitrogens with zero attached hydrogens (tertiary/aromatic N) is 1. The highest BCUT2D eigenvalue weighted by molar-refractivity contribution is 7.14. The van der Waals surface area contributed by atoms with Crippen LogP contribution in [0.3, 0.4) is 0 Å². The van der Waals surface area contributed by atoms with Gasteiger partial charge in [-0.05, 0) is 0 Å². The molecule has 0 fully saturated rings. The second-order valence-electron chi connectivity index (χ2n) is 3.73. The number of hydrogen-bond acceptors (Lipinski definition) is 5. The Balaban J connectivity index is 2.59. The molecule has 0 aliphatic heterocycles. The van der Waals surface area contributed by atoms with Crippen LogP contribution in [0.25, 0.3) is 0 Å². The van der Waals surface area contributed by atoms with Crippen molar-refractivity contribution >= 4 is 28.3 Å². The van der Waals surface area contributed by atoms with E-state index >= 15 is 0 Å². The smallest absolute Gasteiger partial charge is 0.270 e. The molecule has 2 amide bonds. The van der Waals surface area contributed by atoms with Gasteiger partial charge in [0.05, 0.1) is 0 Å². The van der Waals surface area contributed by atoms with E-state index in [0.717, 1.165) is 0 Å². The van der Waals surface area contributed by atoms with Crippen LogP contribution in [0.5, 0.6) is 0 Å². The van der Waals surface area contributed by atoms with Crippen LogP contribution >= 0.6 is 11.3 Å². The van der Waals surface area contributed by atoms with Gasteiger partial charge in [-0.2, -0.15) is 0 Å². The molecule has 0 atom stereocenters. The summed E-state index contributed by atoms with van der Waals surface area (Å²) < 4.78 is 0. The fourth-order valence-electron chi connectivity index (χ4n) is 0.961. The standard InChI is InChI=1S/C10H16N4O2S/c1-6(2)8(15)14-10-13-7(5-17-10)9(16)12-4-3-11/h5-6H,3-4,11H2,1-2H3,(H,12,16)(H,13,14,15). The van der Waals surface area contributed by atoms with Crippen LogP contribution < -0.4 is 16.4 Å². The highest BCUT2D eigenvalue weighted by Crippen LogP contribution is 2.16. The van der Waals surface area contributed by atoms with Gasteiger partial charge in [-0.3, -0.25) is 9.59 Å². The van der Waals surface area contributed by atoms with E-state index in [2.05, 4.69) is 15.6 Å². The first-order chi connectivity index (χ1) is 8.04. The summed E-state index contributed by atoms with van der Waals surface area (Å²) in [5, 5.41) is 7.27. The summed E-state index contributed by atoms with van der Waals surface area (Å²) in [6, 6.07) is 0. The summed E-state index contributed by atoms with van der Waals surface area (Å²) in [4.78, 5) is 26.9. The molecule has 0 bridgehead atoms. The topological polar surface area (TPSA) is 97.1 Å². The van der Waals surface area contributed by atoms with E-state index in [9.17, 15) is 9.59 Å². The molecule has 0 aromatic carbocycles. The summed E-state index contributed by atoms with van der Waals surface area (Å²) in [5.41, 5.74) is 5.56. The highest BCUT2D eigenvalue weighted by Gasteiger charge is 2.13. The van der Waals surface area contributed by atoms with E-state index in [-0.39, 0.29) is 17.7 Å². The second kappa shape index (κ2) is 6.31. The number of hydrogen-bond donors (Lipinski definition) is 3. The number of thiazole rings is 1. The summed E-state index contributed by atoms with van der Waals surface area (Å²) in [7, 11) is 0. The lowest BCUT2D eigenvalue weighted by Gasteiger charge is -2.03. The van der Waals surface area contributed by atoms with Gasteiger partial charge in [0.1, 0.15) is 5.69 Å². The molecule has 1 rings (SSSR count). The fourth-order valence-corrected chi connectivity index (χ4v) is 1.66. The molecule has 0 saturated carbocycles. The Morgan fingerprint density at radius 3 is 2.82 bits per heavy atom. The molecule has 6 nitrogen and oxygen atoms in total. The first-order valence-electron chi connectivity index (χ1n) is 5.29. The molecule has 94 valence electrons. The summed E-state index contributed by atoms with van der Waals surface area (Å²) >= 11 is 1.22. The summed E-state index contributed by atoms with van der Waals surface area (Å²) in [5.74, 6) is -0.515. The Labute approximate surface area is 104 Å². The number of nitrogens with two attached hydrogens (primary N) is 1. The highest BCUT2D eigenvalue weighted by atomic mass is 32.1. The van der Waals surface area contributed by atoms with Gasteiger partial charge in [0.15, 0.2) is 5.13 Å². The van der Waals surface area contributed by atoms with Gasteiger partial charge < -0.3 is 16.4 Å². The second-order valence-corrected chi connectivity index (χ2v) is 4.58. The molecule has 0 aliphatic rings. The quantitative estimate of drug-likeness (QED) is 0.711. The van der Waals surface area contributed by atoms with Crippen LogP contribution in [0.1, 0.15) is 24.3 Å². The van der Waals surface area contributed by atoms with Gasteiger partial charge in [0.25, 0.3) is 5.91 Å². The maximum Gasteiger partial charge on any atom is 0.270 e. The molecule has 0 spiro atoms. The third kappa shape index (κ3) is 4.12. The summed E-state index contributed by atoms with van der Waals surface area (Å²) in [6.45, 7) is 4.37. The molecule has 1 aromatic rings. The van der Waals surface area contributed by atoms with Gasteiger partial charge in [0, 0.05) is 24.4 Å². The summed E-state index contributed by atoms with van der Waals surface area (Å²) in [6.07, 6.45) is 0. The average molecular weight is 256 g/mol. The van der Waals surface area contributed by atoms with Crippen LogP contribution in [0.4, 0.5) is 5.13 Å². The monoisotopic (exact) mass is 256 g/mol. The number of aromatic nitrogens is 1. The van der Waals surface area contributed by atoms with Crippen LogP contribution in [0, 0.1) is 5.92 Å². The van der Waals surface area contributed by atoms with Crippen molar-refractivity contribution in [2.24, 2.45) is 11.7 Å². The van der Waals surface area contributed by atoms with Crippen molar-refractivity contribution in [3.05, 3.63) is 11.1 Å². The van der Waals surface area contributed by atoms with Crippen molar-refractivity contribution < 1.29 is 9.59 Å². The minimum absolute atomic E-state index is 0.117. The van der Waals surface area contributed by atoms with E-state index in [1.807, 2.05) is 0 Å². The number of carbonyl (C=O) groups is 2. The van der Waals surface area contributed by atoms with E-state index < -0.39 is 0 Å². The van der Waals surface area contributed by atoms with Crippen molar-refractivity contribution in [2.45, 2.75) is 13.8 Å². The van der Waals surface area contributed by atoms with Crippen LogP contribution in [0.15, 0.2) is 5.38 Å². The van der Waals surface area contributed by atoms with Gasteiger partial charge >= 0.3 is 0 Å². The number of amides is 2. The molecule has 0 unspecified atom stereocenters. The maximum atomic E-state index is 11.5. The zero-order valence-electron chi connectivity index (χ0n) is 9.82. The molecular weight excluding hydrogens is 240 g/mol. The predicted molar refractivity (Wildman–Crippen MR) is 67.0 cm³/mol. The average Bonchev–Trinajstić information content (AvgIpc) is 2.74. The van der Waals surface area contributed by atoms with Crippen molar-refractivity contribution in [3.63, 3.8) is 0 Å². The van der Waals surface area contributed by atoms with Crippen LogP contribution in [-0.4, -0.2) is 29.9 Å². The molecule has 1 aromatic heterocycles. The fraction of sp³-hybridized carbons (Fsp3) is 0.500. The van der Waals surface area contributed by atoms with Gasteiger partial charge in [0.2, 0.25) is 5.91 Å². The number of carbonyl (C=O) groups excluding carboxylic acids is 2. The van der Waals surface area contributed by atoms with Crippen molar-refractivity contribution in [1.82, 2.24) is 10.3 Å². The Bertz CT molecular complexity index is 403. The lowest BCUT2D eigenvalue weighted by Crippen LogP contribution is -2.29. The molecule has 4 N–H and O–H groups in total. The number of nitrogens with one attached hydrogen (secondary N) is 2. The SMILES string of the molecule is CC(C)C(=O)Nc1nc(C(=O)NCCN)cs1. The third-order valence-corrected chi connectivity index (χ3v) is 2.68. The Morgan fingerprint density at radius 2 is 2.24 bits per heavy atom. The molecule has 0 aliphatic carbocycles. The normalized spacial score (nSPS) is 10.4. The third-order valence-electron chi connectivity index (χ3n) is 1.92. The van der Waals surface area contributed by atoms with Crippen molar-refractivity contribution in [1.29, 1.82) is 0 Å². The Hall–Kier alpha value is -1.47. The van der Waals surface area contributed by atoms with Crippen molar-refractivity contribution in [2.75, 3.05) is 18.4 Å². The maximum absolute atomic E-state index is 11.5. The van der Waals surface area contributed by atoms with Gasteiger partial charge in [-0.15, -0.1) is 11.3 Å².